The largest absolute Gasteiger partial charge is 0.417 e. The van der Waals surface area contributed by atoms with Gasteiger partial charge in [0.05, 0.1) is 28.2 Å². The molecule has 0 atom stereocenters. The molecule has 262 valence electrons. The molecule has 7 aromatic carbocycles. The highest BCUT2D eigenvalue weighted by Crippen LogP contribution is 2.43. The normalized spacial score (nSPS) is 11.5. The molecule has 0 aliphatic carbocycles. The molecule has 9 aromatic rings. The second kappa shape index (κ2) is 13.6. The molecule has 2 aromatic heterocycles. The van der Waals surface area contributed by atoms with Gasteiger partial charge in [-0.1, -0.05) is 121 Å². The molecule has 0 unspecified atom stereocenters. The van der Waals surface area contributed by atoms with Gasteiger partial charge in [0.25, 0.3) is 0 Å². The van der Waals surface area contributed by atoms with Crippen molar-refractivity contribution in [3.8, 4) is 68.2 Å². The number of nitriles is 1. The minimum absolute atomic E-state index is 0.00817. The molecular formula is C47H28F3N5. The Bertz CT molecular complexity index is 2850. The number of aromatic nitrogens is 4. The summed E-state index contributed by atoms with van der Waals surface area (Å²) in [7, 11) is 0. The van der Waals surface area contributed by atoms with Crippen LogP contribution in [0.2, 0.25) is 0 Å². The third-order valence-electron chi connectivity index (χ3n) is 9.75. The van der Waals surface area contributed by atoms with Crippen LogP contribution in [0.4, 0.5) is 13.2 Å². The zero-order valence-corrected chi connectivity index (χ0v) is 29.0. The van der Waals surface area contributed by atoms with Crippen LogP contribution in [0.3, 0.4) is 0 Å². The van der Waals surface area contributed by atoms with E-state index in [9.17, 15) is 18.4 Å². The molecule has 0 saturated heterocycles. The van der Waals surface area contributed by atoms with Gasteiger partial charge in [0, 0.05) is 33.2 Å². The number of para-hydroxylation sites is 1. The molecule has 0 radical (unpaired) electrons. The van der Waals surface area contributed by atoms with E-state index in [1.54, 1.807) is 24.3 Å². The van der Waals surface area contributed by atoms with Gasteiger partial charge in [0.15, 0.2) is 17.5 Å². The van der Waals surface area contributed by atoms with Crippen molar-refractivity contribution in [2.45, 2.75) is 6.18 Å². The van der Waals surface area contributed by atoms with E-state index in [2.05, 4.69) is 22.8 Å². The predicted molar refractivity (Wildman–Crippen MR) is 211 cm³/mol. The third kappa shape index (κ3) is 6.18. The van der Waals surface area contributed by atoms with E-state index in [4.69, 9.17) is 15.0 Å². The molecule has 0 saturated carbocycles. The first-order chi connectivity index (χ1) is 26.9. The number of rotatable bonds is 6. The van der Waals surface area contributed by atoms with Crippen molar-refractivity contribution in [1.29, 1.82) is 5.26 Å². The van der Waals surface area contributed by atoms with Gasteiger partial charge in [-0.15, -0.1) is 0 Å². The Kier molecular flexibility index (Phi) is 8.25. The Morgan fingerprint density at radius 1 is 0.455 bits per heavy atom. The monoisotopic (exact) mass is 719 g/mol. The molecule has 8 heteroatoms. The Hall–Kier alpha value is -7.37. The van der Waals surface area contributed by atoms with Gasteiger partial charge < -0.3 is 4.57 Å². The lowest BCUT2D eigenvalue weighted by Crippen LogP contribution is -2.08. The Morgan fingerprint density at radius 3 is 1.71 bits per heavy atom. The lowest BCUT2D eigenvalue weighted by Gasteiger charge is -2.18. The smallest absolute Gasteiger partial charge is 0.309 e. The van der Waals surface area contributed by atoms with Crippen molar-refractivity contribution in [2.24, 2.45) is 0 Å². The molecule has 0 aliphatic heterocycles. The van der Waals surface area contributed by atoms with E-state index in [0.29, 0.717) is 34.0 Å². The fourth-order valence-electron chi connectivity index (χ4n) is 7.15. The molecule has 2 heterocycles. The van der Waals surface area contributed by atoms with Crippen LogP contribution in [-0.2, 0) is 6.18 Å². The van der Waals surface area contributed by atoms with E-state index in [-0.39, 0.29) is 11.4 Å². The summed E-state index contributed by atoms with van der Waals surface area (Å²) in [6.07, 6.45) is -4.63. The van der Waals surface area contributed by atoms with E-state index in [1.807, 2.05) is 115 Å². The first-order valence-electron chi connectivity index (χ1n) is 17.6. The maximum Gasteiger partial charge on any atom is 0.417 e. The summed E-state index contributed by atoms with van der Waals surface area (Å²) < 4.78 is 46.5. The van der Waals surface area contributed by atoms with Crippen LogP contribution < -0.4 is 0 Å². The maximum absolute atomic E-state index is 14.8. The van der Waals surface area contributed by atoms with Gasteiger partial charge in [-0.25, -0.2) is 15.0 Å². The van der Waals surface area contributed by atoms with E-state index in [1.165, 1.54) is 12.1 Å². The van der Waals surface area contributed by atoms with Gasteiger partial charge in [0.1, 0.15) is 0 Å². The molecule has 9 rings (SSSR count). The van der Waals surface area contributed by atoms with Gasteiger partial charge in [-0.2, -0.15) is 18.4 Å². The number of halogens is 3. The fraction of sp³-hybridized carbons (Fsp3) is 0.0213. The number of hydrogen-bond donors (Lipinski definition) is 0. The molecule has 0 aliphatic rings. The zero-order chi connectivity index (χ0) is 37.5. The van der Waals surface area contributed by atoms with Gasteiger partial charge in [0.2, 0.25) is 0 Å². The van der Waals surface area contributed by atoms with E-state index in [0.717, 1.165) is 50.1 Å². The topological polar surface area (TPSA) is 67.4 Å². The minimum Gasteiger partial charge on any atom is -0.309 e. The molecule has 0 amide bonds. The van der Waals surface area contributed by atoms with Crippen molar-refractivity contribution >= 4 is 21.8 Å². The highest BCUT2D eigenvalue weighted by atomic mass is 19.4. The fourth-order valence-corrected chi connectivity index (χ4v) is 7.15. The summed E-state index contributed by atoms with van der Waals surface area (Å²) in [4.78, 5) is 14.6. The highest BCUT2D eigenvalue weighted by Gasteiger charge is 2.34. The second-order valence-electron chi connectivity index (χ2n) is 13.1. The van der Waals surface area contributed by atoms with Crippen LogP contribution in [0.5, 0.6) is 0 Å². The minimum atomic E-state index is -4.63. The first kappa shape index (κ1) is 33.5. The summed E-state index contributed by atoms with van der Waals surface area (Å²) in [6.45, 7) is 0. The Morgan fingerprint density at radius 2 is 1.04 bits per heavy atom. The molecular weight excluding hydrogens is 692 g/mol. The molecule has 55 heavy (non-hydrogen) atoms. The highest BCUT2D eigenvalue weighted by molar-refractivity contribution is 6.10. The average molecular weight is 720 g/mol. The first-order valence-corrected chi connectivity index (χ1v) is 17.6. The Balaban J connectivity index is 1.32. The average Bonchev–Trinajstić information content (AvgIpc) is 3.57. The molecule has 0 N–H and O–H groups in total. The van der Waals surface area contributed by atoms with Crippen molar-refractivity contribution in [1.82, 2.24) is 19.5 Å². The number of alkyl halides is 3. The van der Waals surface area contributed by atoms with Crippen LogP contribution in [0.25, 0.3) is 83.9 Å². The number of benzene rings is 7. The van der Waals surface area contributed by atoms with Crippen LogP contribution in [0.15, 0.2) is 170 Å². The van der Waals surface area contributed by atoms with Crippen molar-refractivity contribution in [3.63, 3.8) is 0 Å². The Labute approximate surface area is 314 Å². The van der Waals surface area contributed by atoms with Crippen LogP contribution in [-0.4, -0.2) is 19.5 Å². The summed E-state index contributed by atoms with van der Waals surface area (Å²) in [5, 5.41) is 11.3. The molecule has 0 spiro atoms. The summed E-state index contributed by atoms with van der Waals surface area (Å²) in [6, 6.07) is 53.8. The van der Waals surface area contributed by atoms with Crippen molar-refractivity contribution in [3.05, 3.63) is 181 Å². The predicted octanol–water partition coefficient (Wildman–Crippen LogP) is 12.2. The standard InChI is InChI=1S/C47H28F3N5/c48-47(49,50)41-17-9-7-15-36(41)40-28-35(24-26-39(40)46-53-44(32-11-3-1-4-12-32)52-45(54-46)33-13-5-2-6-14-33)55-42-18-10-8-16-37(42)38-25-23-34(27-43(38)55)31-21-19-30(29-51)20-22-31/h1-28H. The lowest BCUT2D eigenvalue weighted by atomic mass is 9.93. The number of nitrogens with zero attached hydrogens (tertiary/aromatic N) is 5. The van der Waals surface area contributed by atoms with E-state index >= 15 is 0 Å². The molecule has 5 nitrogen and oxygen atoms in total. The van der Waals surface area contributed by atoms with Crippen LogP contribution in [0, 0.1) is 11.3 Å². The van der Waals surface area contributed by atoms with E-state index < -0.39 is 11.7 Å². The van der Waals surface area contributed by atoms with Gasteiger partial charge >= 0.3 is 6.18 Å². The summed E-state index contributed by atoms with van der Waals surface area (Å²) >= 11 is 0. The van der Waals surface area contributed by atoms with Gasteiger partial charge in [-0.3, -0.25) is 0 Å². The molecule has 0 bridgehead atoms. The lowest BCUT2D eigenvalue weighted by molar-refractivity contribution is -0.137. The van der Waals surface area contributed by atoms with Crippen molar-refractivity contribution < 1.29 is 13.2 Å². The van der Waals surface area contributed by atoms with Gasteiger partial charge in [-0.05, 0) is 70.8 Å². The summed E-state index contributed by atoms with van der Waals surface area (Å²) in [5.74, 6) is 1.05. The maximum atomic E-state index is 14.8. The zero-order valence-electron chi connectivity index (χ0n) is 29.0. The SMILES string of the molecule is N#Cc1ccc(-c2ccc3c4ccccc4n(-c4ccc(-c5nc(-c6ccccc6)nc(-c6ccccc6)n5)c(-c5ccccc5C(F)(F)F)c4)c3c2)cc1. The quantitative estimate of drug-likeness (QED) is 0.172. The van der Waals surface area contributed by atoms with Crippen molar-refractivity contribution in [2.75, 3.05) is 0 Å². The number of hydrogen-bond acceptors (Lipinski definition) is 4. The summed E-state index contributed by atoms with van der Waals surface area (Å²) in [5.41, 5.74) is 6.38. The number of fused-ring (bicyclic) bond motifs is 3. The second-order valence-corrected chi connectivity index (χ2v) is 13.1. The van der Waals surface area contributed by atoms with Crippen LogP contribution in [0.1, 0.15) is 11.1 Å². The van der Waals surface area contributed by atoms with Crippen LogP contribution >= 0.6 is 0 Å². The molecule has 0 fully saturated rings. The third-order valence-corrected chi connectivity index (χ3v) is 9.75.